The summed E-state index contributed by atoms with van der Waals surface area (Å²) in [5.41, 5.74) is 5.49. The van der Waals surface area contributed by atoms with Crippen molar-refractivity contribution in [3.63, 3.8) is 0 Å². The molecule has 2 aromatic heterocycles. The number of nitriles is 1. The number of rotatable bonds is 8. The zero-order chi connectivity index (χ0) is 24.9. The summed E-state index contributed by atoms with van der Waals surface area (Å²) in [5.74, 6) is 0. The maximum Gasteiger partial charge on any atom is 0.109 e. The Balaban J connectivity index is 1.60. The number of anilines is 2. The average Bonchev–Trinajstić information content (AvgIpc) is 3.46. The first-order chi connectivity index (χ1) is 17.7. The highest BCUT2D eigenvalue weighted by atomic mass is 35.5. The third kappa shape index (κ3) is 4.72. The van der Waals surface area contributed by atoms with E-state index in [2.05, 4.69) is 56.2 Å². The Labute approximate surface area is 214 Å². The zero-order valence-electron chi connectivity index (χ0n) is 19.6. The van der Waals surface area contributed by atoms with Crippen LogP contribution in [0.25, 0.3) is 10.9 Å². The van der Waals surface area contributed by atoms with Gasteiger partial charge in [-0.15, -0.1) is 0 Å². The molecule has 0 amide bonds. The predicted octanol–water partition coefficient (Wildman–Crippen LogP) is 6.64. The zero-order valence-corrected chi connectivity index (χ0v) is 20.4. The van der Waals surface area contributed by atoms with Crippen LogP contribution in [-0.2, 0) is 0 Å². The van der Waals surface area contributed by atoms with Crippen LogP contribution < -0.4 is 10.6 Å². The summed E-state index contributed by atoms with van der Waals surface area (Å²) in [6.45, 7) is 2.11. The molecule has 0 aliphatic carbocycles. The maximum absolute atomic E-state index is 9.89. The van der Waals surface area contributed by atoms with Crippen molar-refractivity contribution in [2.75, 3.05) is 10.6 Å². The topological polar surface area (TPSA) is 102 Å². The van der Waals surface area contributed by atoms with E-state index in [-0.39, 0.29) is 12.1 Å². The summed E-state index contributed by atoms with van der Waals surface area (Å²) >= 11 is 6.72. The monoisotopic (exact) mass is 493 g/mol. The molecule has 0 aliphatic heterocycles. The summed E-state index contributed by atoms with van der Waals surface area (Å²) < 4.78 is 0. The van der Waals surface area contributed by atoms with Crippen LogP contribution in [0.5, 0.6) is 0 Å². The summed E-state index contributed by atoms with van der Waals surface area (Å²) in [4.78, 5) is 4.50. The standard InChI is InChI=1S/C28H24ClN7/c1-2-24(18-9-5-3-6-10-18)34-26-20(15-30)16-31-28-22(26)13-21(14-23(28)29)33-27(25-17-32-36-35-25)19-11-7-4-8-12-19/h3-14,16-17,24,27,33H,2H2,1H3,(H,31,34)(H,32,35,36). The Kier molecular flexibility index (Phi) is 6.78. The van der Waals surface area contributed by atoms with Gasteiger partial charge in [0.2, 0.25) is 0 Å². The molecule has 2 atom stereocenters. The number of nitrogens with zero attached hydrogens (tertiary/aromatic N) is 4. The van der Waals surface area contributed by atoms with Gasteiger partial charge in [0.25, 0.3) is 0 Å². The van der Waals surface area contributed by atoms with Crippen molar-refractivity contribution >= 4 is 33.9 Å². The van der Waals surface area contributed by atoms with E-state index in [1.54, 1.807) is 12.4 Å². The molecule has 3 N–H and O–H groups in total. The molecule has 0 radical (unpaired) electrons. The summed E-state index contributed by atoms with van der Waals surface area (Å²) in [5, 5.41) is 29.3. The fourth-order valence-electron chi connectivity index (χ4n) is 4.35. The van der Waals surface area contributed by atoms with Crippen LogP contribution >= 0.6 is 11.6 Å². The molecule has 2 heterocycles. The predicted molar refractivity (Wildman–Crippen MR) is 143 cm³/mol. The Morgan fingerprint density at radius 1 is 0.972 bits per heavy atom. The van der Waals surface area contributed by atoms with Gasteiger partial charge in [0.1, 0.15) is 11.8 Å². The van der Waals surface area contributed by atoms with Crippen LogP contribution in [-0.4, -0.2) is 20.4 Å². The number of nitrogens with one attached hydrogen (secondary N) is 3. The fourth-order valence-corrected chi connectivity index (χ4v) is 4.62. The highest BCUT2D eigenvalue weighted by molar-refractivity contribution is 6.35. The van der Waals surface area contributed by atoms with E-state index in [0.717, 1.165) is 34.3 Å². The van der Waals surface area contributed by atoms with E-state index in [0.29, 0.717) is 21.8 Å². The van der Waals surface area contributed by atoms with Crippen molar-refractivity contribution < 1.29 is 0 Å². The van der Waals surface area contributed by atoms with Gasteiger partial charge >= 0.3 is 0 Å². The highest BCUT2D eigenvalue weighted by Gasteiger charge is 2.20. The number of hydrogen-bond donors (Lipinski definition) is 3. The molecule has 178 valence electrons. The number of H-pyrrole nitrogens is 1. The molecule has 3 aromatic carbocycles. The number of pyridine rings is 1. The summed E-state index contributed by atoms with van der Waals surface area (Å²) in [6, 6.07) is 26.1. The van der Waals surface area contributed by atoms with Gasteiger partial charge in [-0.1, -0.05) is 79.2 Å². The van der Waals surface area contributed by atoms with Crippen LogP contribution in [0.2, 0.25) is 5.02 Å². The molecule has 8 heteroatoms. The molecular formula is C28H24ClN7. The lowest BCUT2D eigenvalue weighted by molar-refractivity contribution is 0.750. The van der Waals surface area contributed by atoms with Crippen molar-refractivity contribution in [3.8, 4) is 6.07 Å². The fraction of sp³-hybridized carbons (Fsp3) is 0.143. The number of benzene rings is 3. The number of hydrogen-bond acceptors (Lipinski definition) is 6. The minimum atomic E-state index is -0.255. The van der Waals surface area contributed by atoms with Crippen LogP contribution in [0.3, 0.4) is 0 Å². The van der Waals surface area contributed by atoms with Gasteiger partial charge in [0.15, 0.2) is 0 Å². The first kappa shape index (κ1) is 23.3. The number of fused-ring (bicyclic) bond motifs is 1. The first-order valence-corrected chi connectivity index (χ1v) is 12.1. The molecule has 0 saturated heterocycles. The number of aromatic nitrogens is 4. The summed E-state index contributed by atoms with van der Waals surface area (Å²) in [6.07, 6.45) is 4.11. The van der Waals surface area contributed by atoms with Gasteiger partial charge < -0.3 is 10.6 Å². The smallest absolute Gasteiger partial charge is 0.109 e. The van der Waals surface area contributed by atoms with Crippen molar-refractivity contribution in [1.82, 2.24) is 20.4 Å². The minimum Gasteiger partial charge on any atom is -0.377 e. The van der Waals surface area contributed by atoms with Gasteiger partial charge in [-0.2, -0.15) is 20.7 Å². The van der Waals surface area contributed by atoms with E-state index in [9.17, 15) is 5.26 Å². The Hall–Kier alpha value is -4.41. The lowest BCUT2D eigenvalue weighted by Crippen LogP contribution is -2.14. The van der Waals surface area contributed by atoms with E-state index in [1.165, 1.54) is 0 Å². The van der Waals surface area contributed by atoms with E-state index in [4.69, 9.17) is 11.6 Å². The molecule has 36 heavy (non-hydrogen) atoms. The van der Waals surface area contributed by atoms with Gasteiger partial charge in [0.05, 0.1) is 40.1 Å². The third-order valence-electron chi connectivity index (χ3n) is 6.15. The largest absolute Gasteiger partial charge is 0.377 e. The first-order valence-electron chi connectivity index (χ1n) is 11.7. The van der Waals surface area contributed by atoms with Crippen molar-refractivity contribution in [1.29, 1.82) is 5.26 Å². The molecule has 2 unspecified atom stereocenters. The lowest BCUT2D eigenvalue weighted by atomic mass is 10.0. The molecule has 0 saturated carbocycles. The molecule has 7 nitrogen and oxygen atoms in total. The molecule has 0 fully saturated rings. The van der Waals surface area contributed by atoms with Crippen LogP contribution in [0.4, 0.5) is 11.4 Å². The second-order valence-corrected chi connectivity index (χ2v) is 8.82. The average molecular weight is 494 g/mol. The van der Waals surface area contributed by atoms with Gasteiger partial charge in [-0.05, 0) is 29.7 Å². The molecule has 5 aromatic rings. The SMILES string of the molecule is CCC(Nc1c(C#N)cnc2c(Cl)cc(NC(c3ccccc3)c3cn[nH]n3)cc12)c1ccccc1. The van der Waals surface area contributed by atoms with Crippen molar-refractivity contribution in [3.05, 3.63) is 113 Å². The normalized spacial score (nSPS) is 12.6. The van der Waals surface area contributed by atoms with Crippen LogP contribution in [0, 0.1) is 11.3 Å². The second-order valence-electron chi connectivity index (χ2n) is 8.41. The van der Waals surface area contributed by atoms with Gasteiger partial charge in [-0.25, -0.2) is 0 Å². The Morgan fingerprint density at radius 3 is 2.33 bits per heavy atom. The molecule has 5 rings (SSSR count). The lowest BCUT2D eigenvalue weighted by Gasteiger charge is -2.22. The maximum atomic E-state index is 9.89. The van der Waals surface area contributed by atoms with Crippen molar-refractivity contribution in [2.24, 2.45) is 0 Å². The number of halogens is 1. The van der Waals surface area contributed by atoms with Gasteiger partial charge in [-0.3, -0.25) is 4.98 Å². The third-order valence-corrected chi connectivity index (χ3v) is 6.44. The Morgan fingerprint density at radius 2 is 1.69 bits per heavy atom. The quantitative estimate of drug-likeness (QED) is 0.224. The molecular weight excluding hydrogens is 470 g/mol. The van der Waals surface area contributed by atoms with E-state index >= 15 is 0 Å². The summed E-state index contributed by atoms with van der Waals surface area (Å²) in [7, 11) is 0. The highest BCUT2D eigenvalue weighted by Crippen LogP contribution is 2.37. The van der Waals surface area contributed by atoms with E-state index in [1.807, 2.05) is 60.7 Å². The molecule has 0 bridgehead atoms. The van der Waals surface area contributed by atoms with Gasteiger partial charge in [0, 0.05) is 17.3 Å². The van der Waals surface area contributed by atoms with Crippen molar-refractivity contribution in [2.45, 2.75) is 25.4 Å². The minimum absolute atomic E-state index is 0.0199. The number of aromatic amines is 1. The molecule has 0 spiro atoms. The Bertz CT molecular complexity index is 1500. The second kappa shape index (κ2) is 10.5. The molecule has 0 aliphatic rings. The van der Waals surface area contributed by atoms with Crippen LogP contribution in [0.1, 0.15) is 47.8 Å². The van der Waals surface area contributed by atoms with Crippen LogP contribution in [0.15, 0.2) is 85.2 Å². The van der Waals surface area contributed by atoms with E-state index < -0.39 is 0 Å².